The van der Waals surface area contributed by atoms with Crippen molar-refractivity contribution in [1.29, 1.82) is 0 Å². The predicted molar refractivity (Wildman–Crippen MR) is 209 cm³/mol. The third kappa shape index (κ3) is 5.57. The van der Waals surface area contributed by atoms with E-state index >= 15 is 0 Å². The van der Waals surface area contributed by atoms with E-state index in [0.717, 1.165) is 72.8 Å². The number of nitrogen functional groups attached to an aromatic ring is 1. The third-order valence-corrected chi connectivity index (χ3v) is 11.7. The van der Waals surface area contributed by atoms with E-state index in [4.69, 9.17) is 15.2 Å². The van der Waals surface area contributed by atoms with Gasteiger partial charge in [-0.2, -0.15) is 0 Å². The van der Waals surface area contributed by atoms with E-state index in [0.29, 0.717) is 16.8 Å². The highest BCUT2D eigenvalue weighted by atomic mass is 19.1. The molecule has 3 aliphatic rings. The fourth-order valence-corrected chi connectivity index (χ4v) is 8.77. The van der Waals surface area contributed by atoms with Gasteiger partial charge in [-0.1, -0.05) is 36.4 Å². The molecule has 0 saturated carbocycles. The van der Waals surface area contributed by atoms with E-state index in [9.17, 15) is 18.4 Å². The first-order valence-electron chi connectivity index (χ1n) is 18.3. The lowest BCUT2D eigenvalue weighted by molar-refractivity contribution is 0.0925. The molecule has 8 heteroatoms. The summed E-state index contributed by atoms with van der Waals surface area (Å²) in [7, 11) is 0. The Balaban J connectivity index is 0.000000179. The number of carbonyl (C=O) groups excluding carboxylic acids is 2. The lowest BCUT2D eigenvalue weighted by Gasteiger charge is -2.28. The zero-order valence-electron chi connectivity index (χ0n) is 32.5. The Bertz CT molecular complexity index is 2340. The summed E-state index contributed by atoms with van der Waals surface area (Å²) in [6, 6.07) is 20.0. The van der Waals surface area contributed by atoms with Gasteiger partial charge in [-0.3, -0.25) is 9.59 Å². The van der Waals surface area contributed by atoms with Crippen LogP contribution in [0, 0.1) is 53.2 Å². The van der Waals surface area contributed by atoms with Gasteiger partial charge in [-0.05, 0) is 150 Å². The number of fused-ring (bicyclic) bond motifs is 3. The Hall–Kier alpha value is -5.50. The van der Waals surface area contributed by atoms with Crippen molar-refractivity contribution in [2.45, 2.75) is 92.3 Å². The molecule has 0 bridgehead atoms. The first-order valence-corrected chi connectivity index (χ1v) is 18.3. The largest absolute Gasteiger partial charge is 0.486 e. The maximum absolute atomic E-state index is 13.6. The number of ether oxygens (including phenoxy) is 2. The summed E-state index contributed by atoms with van der Waals surface area (Å²) >= 11 is 0. The van der Waals surface area contributed by atoms with Crippen molar-refractivity contribution in [3.63, 3.8) is 0 Å². The molecule has 0 fully saturated rings. The van der Waals surface area contributed by atoms with Crippen molar-refractivity contribution in [2.75, 3.05) is 10.6 Å². The minimum absolute atomic E-state index is 0.0460. The molecule has 2 atom stereocenters. The van der Waals surface area contributed by atoms with E-state index in [1.165, 1.54) is 29.2 Å². The van der Waals surface area contributed by atoms with Crippen LogP contribution in [0.5, 0.6) is 11.5 Å². The maximum Gasteiger partial charge on any atom is 0.266 e. The van der Waals surface area contributed by atoms with E-state index in [1.807, 2.05) is 67.5 Å². The highest BCUT2D eigenvalue weighted by Gasteiger charge is 2.48. The van der Waals surface area contributed by atoms with Gasteiger partial charge in [0, 0.05) is 16.8 Å². The second-order valence-corrected chi connectivity index (χ2v) is 15.9. The summed E-state index contributed by atoms with van der Waals surface area (Å²) in [6.45, 7) is 20.1. The van der Waals surface area contributed by atoms with Crippen molar-refractivity contribution in [3.05, 3.63) is 151 Å². The van der Waals surface area contributed by atoms with Crippen molar-refractivity contribution in [3.8, 4) is 11.5 Å². The number of amides is 2. The summed E-state index contributed by atoms with van der Waals surface area (Å²) in [5, 5.41) is 0. The molecule has 2 N–H and O–H groups in total. The number of benzene rings is 5. The van der Waals surface area contributed by atoms with E-state index < -0.39 is 11.2 Å². The molecule has 6 nitrogen and oxygen atoms in total. The molecule has 5 aromatic rings. The van der Waals surface area contributed by atoms with Gasteiger partial charge in [0.2, 0.25) is 0 Å². The normalized spacial score (nSPS) is 18.7. The number of halogens is 2. The van der Waals surface area contributed by atoms with Crippen LogP contribution in [0.2, 0.25) is 0 Å². The number of imide groups is 1. The van der Waals surface area contributed by atoms with Gasteiger partial charge in [-0.15, -0.1) is 0 Å². The summed E-state index contributed by atoms with van der Waals surface area (Å²) in [5.41, 5.74) is 17.5. The number of hydrogen-bond acceptors (Lipinski definition) is 5. The van der Waals surface area contributed by atoms with Crippen molar-refractivity contribution < 1.29 is 27.8 Å². The summed E-state index contributed by atoms with van der Waals surface area (Å²) in [4.78, 5) is 27.8. The van der Waals surface area contributed by atoms with Crippen LogP contribution in [0.25, 0.3) is 0 Å². The third-order valence-electron chi connectivity index (χ3n) is 11.7. The highest BCUT2D eigenvalue weighted by molar-refractivity contribution is 6.35. The first-order chi connectivity index (χ1) is 25.4. The zero-order valence-corrected chi connectivity index (χ0v) is 32.5. The molecule has 0 aromatic heterocycles. The second-order valence-electron chi connectivity index (χ2n) is 15.9. The van der Waals surface area contributed by atoms with E-state index in [-0.39, 0.29) is 35.3 Å². The standard InChI is InChI=1S/C27H24FNO3.C19H22FNO/c1-14-15(2)24-21(22(27(4,5)32-24)17-10-12-18(28)13-11-17)16(3)23(14)29-25(30)19-8-6-7-9-20(19)26(29)31;1-10-11(2)18-15(12(3)17(10)21)16(19(4,5)22-18)13-6-8-14(20)9-7-13/h6-13,22H,1-5H3;6-9,16H,21H2,1-5H3. The topological polar surface area (TPSA) is 81.9 Å². The molecule has 0 aliphatic carbocycles. The van der Waals surface area contributed by atoms with E-state index in [2.05, 4.69) is 13.8 Å². The quantitative estimate of drug-likeness (QED) is 0.148. The van der Waals surface area contributed by atoms with Crippen molar-refractivity contribution >= 4 is 23.2 Å². The first kappa shape index (κ1) is 36.8. The summed E-state index contributed by atoms with van der Waals surface area (Å²) in [6.07, 6.45) is 0. The van der Waals surface area contributed by atoms with Gasteiger partial charge in [-0.25, -0.2) is 13.7 Å². The van der Waals surface area contributed by atoms with Gasteiger partial charge in [0.05, 0.1) is 28.7 Å². The van der Waals surface area contributed by atoms with Crippen LogP contribution in [0.15, 0.2) is 72.8 Å². The Morgan fingerprint density at radius 3 is 1.37 bits per heavy atom. The number of nitrogens with two attached hydrogens (primary N) is 1. The Labute approximate surface area is 315 Å². The molecule has 2 unspecified atom stereocenters. The van der Waals surface area contributed by atoms with Crippen LogP contribution in [0.1, 0.15) is 116 Å². The Morgan fingerprint density at radius 2 is 0.944 bits per heavy atom. The average Bonchev–Trinajstić information content (AvgIpc) is 3.69. The molecule has 0 saturated heterocycles. The monoisotopic (exact) mass is 728 g/mol. The highest BCUT2D eigenvalue weighted by Crippen LogP contribution is 2.55. The molecule has 5 aromatic carbocycles. The smallest absolute Gasteiger partial charge is 0.266 e. The van der Waals surface area contributed by atoms with Gasteiger partial charge in [0.25, 0.3) is 11.8 Å². The molecule has 278 valence electrons. The Morgan fingerprint density at radius 1 is 0.556 bits per heavy atom. The van der Waals surface area contributed by atoms with Crippen LogP contribution in [-0.4, -0.2) is 23.0 Å². The average molecular weight is 729 g/mol. The number of anilines is 2. The number of rotatable bonds is 3. The summed E-state index contributed by atoms with van der Waals surface area (Å²) < 4.78 is 39.6. The number of hydrogen-bond donors (Lipinski definition) is 1. The maximum atomic E-state index is 13.6. The lowest BCUT2D eigenvalue weighted by atomic mass is 9.78. The van der Waals surface area contributed by atoms with E-state index in [1.54, 1.807) is 36.4 Å². The SMILES string of the molecule is Cc1c(C)c(N2C(=O)c3ccccc3C2=O)c(C)c2c1OC(C)(C)C2c1ccc(F)cc1.Cc1c(C)c2c(c(C)c1N)C(c1ccc(F)cc1)C(C)(C)O2. The molecule has 3 aliphatic heterocycles. The molecular formula is C46H46F2N2O4. The zero-order chi connectivity index (χ0) is 39.2. The van der Waals surface area contributed by atoms with Crippen molar-refractivity contribution in [2.24, 2.45) is 0 Å². The van der Waals surface area contributed by atoms with Gasteiger partial charge in [0.15, 0.2) is 0 Å². The van der Waals surface area contributed by atoms with Gasteiger partial charge >= 0.3 is 0 Å². The van der Waals surface area contributed by atoms with Crippen LogP contribution in [0.4, 0.5) is 20.2 Å². The van der Waals surface area contributed by atoms with Crippen LogP contribution in [0.3, 0.4) is 0 Å². The fourth-order valence-electron chi connectivity index (χ4n) is 8.77. The molecule has 2 amide bonds. The second kappa shape index (κ2) is 12.8. The molecule has 54 heavy (non-hydrogen) atoms. The van der Waals surface area contributed by atoms with Crippen LogP contribution in [-0.2, 0) is 0 Å². The minimum atomic E-state index is -0.581. The van der Waals surface area contributed by atoms with Gasteiger partial charge in [0.1, 0.15) is 34.3 Å². The lowest BCUT2D eigenvalue weighted by Crippen LogP contribution is -2.32. The van der Waals surface area contributed by atoms with Crippen molar-refractivity contribution in [1.82, 2.24) is 0 Å². The number of carbonyl (C=O) groups is 2. The Kier molecular flexibility index (Phi) is 8.75. The fraction of sp³-hybridized carbons (Fsp3) is 0.304. The predicted octanol–water partition coefficient (Wildman–Crippen LogP) is 10.5. The molecule has 0 radical (unpaired) electrons. The molecular weight excluding hydrogens is 683 g/mol. The van der Waals surface area contributed by atoms with Crippen LogP contribution < -0.4 is 20.1 Å². The van der Waals surface area contributed by atoms with Gasteiger partial charge < -0.3 is 15.2 Å². The molecule has 3 heterocycles. The van der Waals surface area contributed by atoms with Crippen LogP contribution >= 0.6 is 0 Å². The number of nitrogens with zero attached hydrogens (tertiary/aromatic N) is 1. The molecule has 0 spiro atoms. The molecule has 8 rings (SSSR count). The summed E-state index contributed by atoms with van der Waals surface area (Å²) in [5.74, 6) is 0.436. The minimum Gasteiger partial charge on any atom is -0.486 e.